The molecule has 1 atom stereocenters. The van der Waals surface area contributed by atoms with Crippen LogP contribution >= 0.6 is 0 Å². The molecule has 0 aliphatic heterocycles. The van der Waals surface area contributed by atoms with E-state index in [2.05, 4.69) is 31.9 Å². The molecule has 0 saturated carbocycles. The molecule has 0 saturated heterocycles. The van der Waals surface area contributed by atoms with Crippen molar-refractivity contribution in [1.82, 2.24) is 0 Å². The van der Waals surface area contributed by atoms with Gasteiger partial charge in [0, 0.05) is 18.8 Å². The molecule has 0 bridgehead atoms. The highest BCUT2D eigenvalue weighted by Crippen LogP contribution is 2.18. The first-order valence-electron chi connectivity index (χ1n) is 5.42. The van der Waals surface area contributed by atoms with Gasteiger partial charge in [-0.15, -0.1) is 0 Å². The standard InChI is InChI=1S/C13H18N2/c1-4-6-11(2)15(3)13-8-5-7-12(9-13)10-14/h5,7-9,11H,4,6H2,1-3H3. The summed E-state index contributed by atoms with van der Waals surface area (Å²) in [4.78, 5) is 2.23. The third-order valence-corrected chi connectivity index (χ3v) is 2.75. The van der Waals surface area contributed by atoms with E-state index in [0.29, 0.717) is 6.04 Å². The maximum atomic E-state index is 8.82. The summed E-state index contributed by atoms with van der Waals surface area (Å²) in [5.41, 5.74) is 1.85. The van der Waals surface area contributed by atoms with Crippen molar-refractivity contribution in [2.75, 3.05) is 11.9 Å². The van der Waals surface area contributed by atoms with E-state index in [-0.39, 0.29) is 0 Å². The van der Waals surface area contributed by atoms with Crippen LogP contribution in [-0.2, 0) is 0 Å². The minimum absolute atomic E-state index is 0.518. The van der Waals surface area contributed by atoms with Crippen LogP contribution in [0.4, 0.5) is 5.69 Å². The third kappa shape index (κ3) is 2.99. The Morgan fingerprint density at radius 2 is 2.20 bits per heavy atom. The fraction of sp³-hybridized carbons (Fsp3) is 0.462. The van der Waals surface area contributed by atoms with Crippen LogP contribution in [0, 0.1) is 11.3 Å². The summed E-state index contributed by atoms with van der Waals surface area (Å²) >= 11 is 0. The molecular weight excluding hydrogens is 184 g/mol. The van der Waals surface area contributed by atoms with Gasteiger partial charge in [0.1, 0.15) is 0 Å². The van der Waals surface area contributed by atoms with E-state index < -0.39 is 0 Å². The van der Waals surface area contributed by atoms with Crippen molar-refractivity contribution in [1.29, 1.82) is 5.26 Å². The lowest BCUT2D eigenvalue weighted by molar-refractivity contribution is 0.616. The second kappa shape index (κ2) is 5.41. The Hall–Kier alpha value is -1.49. The minimum atomic E-state index is 0.518. The Kier molecular flexibility index (Phi) is 4.17. The first kappa shape index (κ1) is 11.6. The fourth-order valence-corrected chi connectivity index (χ4v) is 1.66. The number of rotatable bonds is 4. The highest BCUT2D eigenvalue weighted by Gasteiger charge is 2.08. The van der Waals surface area contributed by atoms with Gasteiger partial charge in [-0.05, 0) is 31.5 Å². The largest absolute Gasteiger partial charge is 0.372 e. The molecule has 0 aromatic heterocycles. The first-order chi connectivity index (χ1) is 7.19. The van der Waals surface area contributed by atoms with Crippen molar-refractivity contribution < 1.29 is 0 Å². The molecule has 0 spiro atoms. The Balaban J connectivity index is 2.82. The van der Waals surface area contributed by atoms with Gasteiger partial charge in [0.2, 0.25) is 0 Å². The summed E-state index contributed by atoms with van der Waals surface area (Å²) in [6.07, 6.45) is 2.36. The minimum Gasteiger partial charge on any atom is -0.372 e. The number of anilines is 1. The van der Waals surface area contributed by atoms with E-state index in [9.17, 15) is 0 Å². The zero-order valence-electron chi connectivity index (χ0n) is 9.70. The molecule has 1 rings (SSSR count). The highest BCUT2D eigenvalue weighted by molar-refractivity contribution is 5.51. The second-order valence-electron chi connectivity index (χ2n) is 3.91. The van der Waals surface area contributed by atoms with E-state index in [1.165, 1.54) is 12.8 Å². The lowest BCUT2D eigenvalue weighted by Crippen LogP contribution is -2.28. The van der Waals surface area contributed by atoms with Gasteiger partial charge < -0.3 is 4.90 Å². The Labute approximate surface area is 92.1 Å². The molecule has 15 heavy (non-hydrogen) atoms. The number of hydrogen-bond donors (Lipinski definition) is 0. The molecule has 1 aromatic rings. The molecule has 80 valence electrons. The van der Waals surface area contributed by atoms with Crippen molar-refractivity contribution in [3.8, 4) is 6.07 Å². The number of nitriles is 1. The summed E-state index contributed by atoms with van der Waals surface area (Å²) in [6.45, 7) is 4.40. The van der Waals surface area contributed by atoms with Crippen LogP contribution in [0.3, 0.4) is 0 Å². The van der Waals surface area contributed by atoms with Gasteiger partial charge in [-0.25, -0.2) is 0 Å². The van der Waals surface area contributed by atoms with Gasteiger partial charge in [0.15, 0.2) is 0 Å². The summed E-state index contributed by atoms with van der Waals surface area (Å²) in [5.74, 6) is 0. The summed E-state index contributed by atoms with van der Waals surface area (Å²) in [6, 6.07) is 10.4. The van der Waals surface area contributed by atoms with E-state index in [4.69, 9.17) is 5.26 Å². The molecule has 0 N–H and O–H groups in total. The highest BCUT2D eigenvalue weighted by atomic mass is 15.1. The van der Waals surface area contributed by atoms with E-state index in [1.807, 2.05) is 24.3 Å². The molecule has 0 aliphatic carbocycles. The molecule has 0 amide bonds. The van der Waals surface area contributed by atoms with Gasteiger partial charge in [0.25, 0.3) is 0 Å². The van der Waals surface area contributed by atoms with E-state index >= 15 is 0 Å². The molecule has 0 aliphatic rings. The van der Waals surface area contributed by atoms with Gasteiger partial charge in [-0.2, -0.15) is 5.26 Å². The zero-order chi connectivity index (χ0) is 11.3. The maximum absolute atomic E-state index is 8.82. The Bertz CT molecular complexity index is 352. The lowest BCUT2D eigenvalue weighted by Gasteiger charge is -2.26. The lowest BCUT2D eigenvalue weighted by atomic mass is 10.1. The average Bonchev–Trinajstić information content (AvgIpc) is 2.28. The van der Waals surface area contributed by atoms with Gasteiger partial charge in [-0.1, -0.05) is 19.4 Å². The van der Waals surface area contributed by atoms with Crippen LogP contribution in [-0.4, -0.2) is 13.1 Å². The quantitative estimate of drug-likeness (QED) is 0.749. The van der Waals surface area contributed by atoms with Gasteiger partial charge >= 0.3 is 0 Å². The van der Waals surface area contributed by atoms with Gasteiger partial charge in [0.05, 0.1) is 11.6 Å². The normalized spacial score (nSPS) is 11.9. The smallest absolute Gasteiger partial charge is 0.0992 e. The molecule has 2 nitrogen and oxygen atoms in total. The Morgan fingerprint density at radius 1 is 1.47 bits per heavy atom. The summed E-state index contributed by atoms with van der Waals surface area (Å²) in [5, 5.41) is 8.82. The number of benzene rings is 1. The number of hydrogen-bond acceptors (Lipinski definition) is 2. The number of nitrogens with zero attached hydrogens (tertiary/aromatic N) is 2. The van der Waals surface area contributed by atoms with Crippen LogP contribution in [0.15, 0.2) is 24.3 Å². The Morgan fingerprint density at radius 3 is 2.80 bits per heavy atom. The monoisotopic (exact) mass is 202 g/mol. The molecule has 1 aromatic carbocycles. The second-order valence-corrected chi connectivity index (χ2v) is 3.91. The predicted molar refractivity (Wildman–Crippen MR) is 63.9 cm³/mol. The average molecular weight is 202 g/mol. The zero-order valence-corrected chi connectivity index (χ0v) is 9.70. The fourth-order valence-electron chi connectivity index (χ4n) is 1.66. The summed E-state index contributed by atoms with van der Waals surface area (Å²) in [7, 11) is 2.08. The molecule has 0 fully saturated rings. The van der Waals surface area contributed by atoms with Crippen LogP contribution < -0.4 is 4.90 Å². The van der Waals surface area contributed by atoms with Gasteiger partial charge in [-0.3, -0.25) is 0 Å². The summed E-state index contributed by atoms with van der Waals surface area (Å²) < 4.78 is 0. The van der Waals surface area contributed by atoms with Crippen molar-refractivity contribution >= 4 is 5.69 Å². The third-order valence-electron chi connectivity index (χ3n) is 2.75. The molecular formula is C13H18N2. The predicted octanol–water partition coefficient (Wildman–Crippen LogP) is 3.18. The SMILES string of the molecule is CCCC(C)N(C)c1cccc(C#N)c1. The van der Waals surface area contributed by atoms with Crippen LogP contribution in [0.5, 0.6) is 0 Å². The van der Waals surface area contributed by atoms with Crippen molar-refractivity contribution in [2.24, 2.45) is 0 Å². The molecule has 0 heterocycles. The molecule has 1 unspecified atom stereocenters. The maximum Gasteiger partial charge on any atom is 0.0992 e. The van der Waals surface area contributed by atoms with Crippen molar-refractivity contribution in [2.45, 2.75) is 32.7 Å². The first-order valence-corrected chi connectivity index (χ1v) is 5.42. The van der Waals surface area contributed by atoms with Crippen LogP contribution in [0.1, 0.15) is 32.3 Å². The topological polar surface area (TPSA) is 27.0 Å². The van der Waals surface area contributed by atoms with E-state index in [1.54, 1.807) is 0 Å². The van der Waals surface area contributed by atoms with E-state index in [0.717, 1.165) is 11.3 Å². The van der Waals surface area contributed by atoms with Crippen molar-refractivity contribution in [3.05, 3.63) is 29.8 Å². The molecule has 0 radical (unpaired) electrons. The van der Waals surface area contributed by atoms with Crippen molar-refractivity contribution in [3.63, 3.8) is 0 Å². The molecule has 2 heteroatoms. The van der Waals surface area contributed by atoms with Crippen LogP contribution in [0.25, 0.3) is 0 Å². The van der Waals surface area contributed by atoms with Crippen LogP contribution in [0.2, 0.25) is 0 Å².